The molecule has 0 aliphatic carbocycles. The van der Waals surface area contributed by atoms with Gasteiger partial charge in [-0.2, -0.15) is 5.10 Å². The van der Waals surface area contributed by atoms with E-state index >= 15 is 0 Å². The Morgan fingerprint density at radius 3 is 2.88 bits per heavy atom. The Labute approximate surface area is 140 Å². The number of rotatable bonds is 7. The highest BCUT2D eigenvalue weighted by Gasteiger charge is 2.33. The van der Waals surface area contributed by atoms with E-state index < -0.39 is 0 Å². The summed E-state index contributed by atoms with van der Waals surface area (Å²) < 4.78 is 1.73. The van der Waals surface area contributed by atoms with Crippen LogP contribution in [0.25, 0.3) is 0 Å². The number of likely N-dealkylation sites (tertiary alicyclic amines) is 1. The van der Waals surface area contributed by atoms with Crippen molar-refractivity contribution in [1.82, 2.24) is 25.0 Å². The number of amides is 2. The number of carbonyl (C=O) groups excluding carboxylic acids is 2. The van der Waals surface area contributed by atoms with Crippen molar-refractivity contribution < 1.29 is 9.59 Å². The van der Waals surface area contributed by atoms with Crippen molar-refractivity contribution in [2.45, 2.75) is 25.9 Å². The van der Waals surface area contributed by atoms with E-state index in [9.17, 15) is 9.59 Å². The third-order valence-electron chi connectivity index (χ3n) is 4.13. The summed E-state index contributed by atoms with van der Waals surface area (Å²) in [6.45, 7) is 2.34. The van der Waals surface area contributed by atoms with E-state index in [4.69, 9.17) is 0 Å². The lowest BCUT2D eigenvalue weighted by molar-refractivity contribution is -0.129. The highest BCUT2D eigenvalue weighted by molar-refractivity contribution is 5.89. The van der Waals surface area contributed by atoms with Gasteiger partial charge in [0, 0.05) is 32.6 Å². The lowest BCUT2D eigenvalue weighted by Gasteiger charge is -2.16. The Hall–Kier alpha value is -2.70. The molecule has 1 aromatic heterocycles. The number of nitrogens with zero attached hydrogens (tertiary/aromatic N) is 4. The van der Waals surface area contributed by atoms with Crippen molar-refractivity contribution in [3.63, 3.8) is 0 Å². The summed E-state index contributed by atoms with van der Waals surface area (Å²) in [7, 11) is 0. The van der Waals surface area contributed by atoms with Crippen LogP contribution in [0.15, 0.2) is 43.0 Å². The Morgan fingerprint density at radius 1 is 1.29 bits per heavy atom. The lowest BCUT2D eigenvalue weighted by Crippen LogP contribution is -2.33. The molecule has 1 N–H and O–H groups in total. The first-order valence-corrected chi connectivity index (χ1v) is 8.14. The van der Waals surface area contributed by atoms with Gasteiger partial charge in [0.15, 0.2) is 0 Å². The molecule has 126 valence electrons. The zero-order valence-corrected chi connectivity index (χ0v) is 13.5. The minimum absolute atomic E-state index is 0.0432. The molecule has 2 heterocycles. The van der Waals surface area contributed by atoms with Gasteiger partial charge in [0.1, 0.15) is 12.7 Å². The van der Waals surface area contributed by atoms with Crippen LogP contribution in [0.5, 0.6) is 0 Å². The maximum Gasteiger partial charge on any atom is 0.225 e. The van der Waals surface area contributed by atoms with Gasteiger partial charge in [-0.3, -0.25) is 14.3 Å². The minimum Gasteiger partial charge on any atom is -0.356 e. The van der Waals surface area contributed by atoms with Crippen LogP contribution in [0.4, 0.5) is 0 Å². The van der Waals surface area contributed by atoms with E-state index in [1.54, 1.807) is 15.9 Å². The average Bonchev–Trinajstić information content (AvgIpc) is 3.23. The van der Waals surface area contributed by atoms with Crippen molar-refractivity contribution >= 4 is 11.8 Å². The van der Waals surface area contributed by atoms with E-state index in [-0.39, 0.29) is 17.7 Å². The second-order valence-electron chi connectivity index (χ2n) is 5.96. The summed E-state index contributed by atoms with van der Waals surface area (Å²) in [5.74, 6) is -0.258. The molecule has 2 amide bonds. The zero-order valence-electron chi connectivity index (χ0n) is 13.5. The molecule has 3 rings (SSSR count). The third-order valence-corrected chi connectivity index (χ3v) is 4.13. The van der Waals surface area contributed by atoms with Crippen molar-refractivity contribution in [2.75, 3.05) is 13.1 Å². The van der Waals surface area contributed by atoms with Crippen molar-refractivity contribution in [2.24, 2.45) is 5.92 Å². The van der Waals surface area contributed by atoms with Crippen LogP contribution in [0.2, 0.25) is 0 Å². The van der Waals surface area contributed by atoms with Crippen LogP contribution in [0, 0.1) is 5.92 Å². The van der Waals surface area contributed by atoms with Gasteiger partial charge in [-0.25, -0.2) is 4.98 Å². The third kappa shape index (κ3) is 4.18. The standard InChI is InChI=1S/C17H21N5O2/c23-16-9-15(11-21(16)10-14-5-2-1-3-6-14)17(24)19-7-4-8-22-13-18-12-20-22/h1-3,5-6,12-13,15H,4,7-11H2,(H,19,24)/t15-/m1/s1. The van der Waals surface area contributed by atoms with Crippen molar-refractivity contribution in [3.8, 4) is 0 Å². The van der Waals surface area contributed by atoms with Crippen LogP contribution < -0.4 is 5.32 Å². The topological polar surface area (TPSA) is 80.1 Å². The maximum atomic E-state index is 12.2. The predicted octanol–water partition coefficient (Wildman–Crippen LogP) is 0.833. The minimum atomic E-state index is -0.257. The lowest BCUT2D eigenvalue weighted by atomic mass is 10.1. The molecular formula is C17H21N5O2. The number of benzene rings is 1. The summed E-state index contributed by atoms with van der Waals surface area (Å²) >= 11 is 0. The van der Waals surface area contributed by atoms with Crippen LogP contribution >= 0.6 is 0 Å². The first-order chi connectivity index (χ1) is 11.7. The number of aromatic nitrogens is 3. The molecule has 0 spiro atoms. The van der Waals surface area contributed by atoms with Crippen LogP contribution in [-0.4, -0.2) is 44.6 Å². The largest absolute Gasteiger partial charge is 0.356 e. The molecule has 1 fully saturated rings. The van der Waals surface area contributed by atoms with Crippen molar-refractivity contribution in [3.05, 3.63) is 48.5 Å². The first-order valence-electron chi connectivity index (χ1n) is 8.14. The first kappa shape index (κ1) is 16.2. The van der Waals surface area contributed by atoms with E-state index in [2.05, 4.69) is 15.4 Å². The molecule has 1 aliphatic rings. The van der Waals surface area contributed by atoms with Gasteiger partial charge in [0.2, 0.25) is 11.8 Å². The molecule has 0 unspecified atom stereocenters. The number of hydrogen-bond donors (Lipinski definition) is 1. The van der Waals surface area contributed by atoms with Gasteiger partial charge < -0.3 is 10.2 Å². The molecule has 24 heavy (non-hydrogen) atoms. The fourth-order valence-electron chi connectivity index (χ4n) is 2.85. The normalized spacial score (nSPS) is 17.2. The highest BCUT2D eigenvalue weighted by Crippen LogP contribution is 2.20. The van der Waals surface area contributed by atoms with Gasteiger partial charge in [-0.1, -0.05) is 30.3 Å². The van der Waals surface area contributed by atoms with Crippen LogP contribution in [-0.2, 0) is 22.7 Å². The summed E-state index contributed by atoms with van der Waals surface area (Å²) in [5.41, 5.74) is 1.08. The molecule has 0 radical (unpaired) electrons. The fraction of sp³-hybridized carbons (Fsp3) is 0.412. The average molecular weight is 327 g/mol. The van der Waals surface area contributed by atoms with Gasteiger partial charge in [-0.15, -0.1) is 0 Å². The van der Waals surface area contributed by atoms with E-state index in [0.717, 1.165) is 12.0 Å². The van der Waals surface area contributed by atoms with E-state index in [1.165, 1.54) is 6.33 Å². The van der Waals surface area contributed by atoms with Gasteiger partial charge >= 0.3 is 0 Å². The molecule has 0 saturated carbocycles. The van der Waals surface area contributed by atoms with Gasteiger partial charge in [-0.05, 0) is 12.0 Å². The molecule has 7 nitrogen and oxygen atoms in total. The fourth-order valence-corrected chi connectivity index (χ4v) is 2.85. The van der Waals surface area contributed by atoms with Gasteiger partial charge in [0.05, 0.1) is 5.92 Å². The maximum absolute atomic E-state index is 12.2. The second kappa shape index (κ2) is 7.72. The summed E-state index contributed by atoms with van der Waals surface area (Å²) in [6, 6.07) is 9.84. The molecular weight excluding hydrogens is 306 g/mol. The molecule has 1 aromatic carbocycles. The SMILES string of the molecule is O=C(NCCCn1cncn1)[C@@H]1CC(=O)N(Cc2ccccc2)C1. The molecule has 0 bridgehead atoms. The molecule has 1 saturated heterocycles. The monoisotopic (exact) mass is 327 g/mol. The summed E-state index contributed by atoms with van der Waals surface area (Å²) in [5, 5.41) is 6.92. The Bertz CT molecular complexity index is 672. The summed E-state index contributed by atoms with van der Waals surface area (Å²) in [4.78, 5) is 30.0. The zero-order chi connectivity index (χ0) is 16.8. The summed E-state index contributed by atoms with van der Waals surface area (Å²) in [6.07, 6.45) is 4.22. The molecule has 1 atom stereocenters. The quantitative estimate of drug-likeness (QED) is 0.764. The predicted molar refractivity (Wildman–Crippen MR) is 87.6 cm³/mol. The van der Waals surface area contributed by atoms with E-state index in [1.807, 2.05) is 30.3 Å². The second-order valence-corrected chi connectivity index (χ2v) is 5.96. The Kier molecular flexibility index (Phi) is 5.20. The molecule has 7 heteroatoms. The Balaban J connectivity index is 1.42. The van der Waals surface area contributed by atoms with Gasteiger partial charge in [0.25, 0.3) is 0 Å². The van der Waals surface area contributed by atoms with Crippen LogP contribution in [0.3, 0.4) is 0 Å². The van der Waals surface area contributed by atoms with Crippen molar-refractivity contribution in [1.29, 1.82) is 0 Å². The highest BCUT2D eigenvalue weighted by atomic mass is 16.2. The van der Waals surface area contributed by atoms with Crippen LogP contribution in [0.1, 0.15) is 18.4 Å². The van der Waals surface area contributed by atoms with E-state index in [0.29, 0.717) is 32.6 Å². The number of carbonyl (C=O) groups is 2. The Morgan fingerprint density at radius 2 is 2.12 bits per heavy atom. The molecule has 2 aromatic rings. The number of nitrogens with one attached hydrogen (secondary N) is 1. The smallest absolute Gasteiger partial charge is 0.225 e. The molecule has 1 aliphatic heterocycles. The number of aryl methyl sites for hydroxylation is 1. The number of hydrogen-bond acceptors (Lipinski definition) is 4.